The van der Waals surface area contributed by atoms with Crippen molar-refractivity contribution in [3.05, 3.63) is 42.0 Å². The van der Waals surface area contributed by atoms with Gasteiger partial charge in [0, 0.05) is 16.9 Å². The van der Waals surface area contributed by atoms with Gasteiger partial charge in [-0.3, -0.25) is 0 Å². The average Bonchev–Trinajstić information content (AvgIpc) is 2.74. The van der Waals surface area contributed by atoms with E-state index < -0.39 is 0 Å². The number of nitrogens with zero attached hydrogens (tertiary/aromatic N) is 1. The number of anilines is 2. The minimum Gasteiger partial charge on any atom is -0.436 e. The normalized spacial score (nSPS) is 10.9. The highest BCUT2D eigenvalue weighted by Crippen LogP contribution is 2.28. The molecule has 0 saturated carbocycles. The summed E-state index contributed by atoms with van der Waals surface area (Å²) < 4.78 is 5.72. The Labute approximate surface area is 104 Å². The van der Waals surface area contributed by atoms with E-state index in [1.165, 1.54) is 0 Å². The van der Waals surface area contributed by atoms with E-state index in [2.05, 4.69) is 4.98 Å². The van der Waals surface area contributed by atoms with Gasteiger partial charge in [0.25, 0.3) is 0 Å². The Kier molecular flexibility index (Phi) is 2.23. The topological polar surface area (TPSA) is 78.1 Å². The van der Waals surface area contributed by atoms with Crippen LogP contribution < -0.4 is 11.5 Å². The Morgan fingerprint density at radius 2 is 1.72 bits per heavy atom. The lowest BCUT2D eigenvalue weighted by Gasteiger charge is -2.01. The van der Waals surface area contributed by atoms with E-state index in [0.29, 0.717) is 17.3 Å². The molecule has 0 radical (unpaired) electrons. The summed E-state index contributed by atoms with van der Waals surface area (Å²) in [7, 11) is 0. The zero-order chi connectivity index (χ0) is 12.7. The van der Waals surface area contributed by atoms with Gasteiger partial charge in [-0.05, 0) is 42.8 Å². The highest BCUT2D eigenvalue weighted by molar-refractivity contribution is 5.80. The molecule has 0 spiro atoms. The first-order valence-electron chi connectivity index (χ1n) is 5.66. The van der Waals surface area contributed by atoms with Crippen LogP contribution in [0, 0.1) is 6.92 Å². The molecular formula is C14H13N3O. The Bertz CT molecular complexity index is 731. The molecule has 0 unspecified atom stereocenters. The van der Waals surface area contributed by atoms with Gasteiger partial charge >= 0.3 is 0 Å². The Hall–Kier alpha value is -2.49. The molecule has 2 aromatic carbocycles. The summed E-state index contributed by atoms with van der Waals surface area (Å²) in [5.41, 5.74) is 16.3. The summed E-state index contributed by atoms with van der Waals surface area (Å²) >= 11 is 0. The number of hydrogen-bond donors (Lipinski definition) is 2. The number of hydrogen-bond acceptors (Lipinski definition) is 4. The van der Waals surface area contributed by atoms with Gasteiger partial charge in [-0.15, -0.1) is 0 Å². The minimum atomic E-state index is 0.570. The van der Waals surface area contributed by atoms with Crippen LogP contribution >= 0.6 is 0 Å². The van der Waals surface area contributed by atoms with Crippen LogP contribution in [0.1, 0.15) is 5.56 Å². The maximum Gasteiger partial charge on any atom is 0.227 e. The number of oxazole rings is 1. The van der Waals surface area contributed by atoms with Crippen LogP contribution in [0.25, 0.3) is 22.6 Å². The van der Waals surface area contributed by atoms with Crippen molar-refractivity contribution in [3.8, 4) is 11.5 Å². The van der Waals surface area contributed by atoms with E-state index in [9.17, 15) is 0 Å². The van der Waals surface area contributed by atoms with Crippen molar-refractivity contribution < 1.29 is 4.42 Å². The molecule has 90 valence electrons. The average molecular weight is 239 g/mol. The maximum atomic E-state index is 5.79. The van der Waals surface area contributed by atoms with Crippen molar-refractivity contribution in [3.63, 3.8) is 0 Å². The quantitative estimate of drug-likeness (QED) is 0.640. The Morgan fingerprint density at radius 1 is 1.00 bits per heavy atom. The third kappa shape index (κ3) is 1.68. The molecule has 0 aliphatic rings. The number of benzene rings is 2. The van der Waals surface area contributed by atoms with E-state index in [1.54, 1.807) is 12.1 Å². The van der Waals surface area contributed by atoms with E-state index in [0.717, 1.165) is 22.2 Å². The SMILES string of the molecule is Cc1ccc(N)cc1-c1nc2cc(N)ccc2o1. The second-order valence-electron chi connectivity index (χ2n) is 4.32. The number of aromatic nitrogens is 1. The Morgan fingerprint density at radius 3 is 2.56 bits per heavy atom. The molecule has 3 rings (SSSR count). The van der Waals surface area contributed by atoms with Gasteiger partial charge in [0.2, 0.25) is 5.89 Å². The molecule has 1 heterocycles. The third-order valence-corrected chi connectivity index (χ3v) is 2.90. The van der Waals surface area contributed by atoms with Gasteiger partial charge in [-0.25, -0.2) is 4.98 Å². The molecule has 0 saturated heterocycles. The molecular weight excluding hydrogens is 226 g/mol. The maximum absolute atomic E-state index is 5.79. The summed E-state index contributed by atoms with van der Waals surface area (Å²) in [6.45, 7) is 2.00. The molecule has 18 heavy (non-hydrogen) atoms. The molecule has 0 aliphatic heterocycles. The monoisotopic (exact) mass is 239 g/mol. The van der Waals surface area contributed by atoms with Crippen molar-refractivity contribution >= 4 is 22.5 Å². The highest BCUT2D eigenvalue weighted by atomic mass is 16.3. The second-order valence-corrected chi connectivity index (χ2v) is 4.32. The van der Waals surface area contributed by atoms with Crippen LogP contribution in [0.2, 0.25) is 0 Å². The fraction of sp³-hybridized carbons (Fsp3) is 0.0714. The third-order valence-electron chi connectivity index (χ3n) is 2.90. The van der Waals surface area contributed by atoms with Gasteiger partial charge in [0.05, 0.1) is 0 Å². The smallest absolute Gasteiger partial charge is 0.227 e. The van der Waals surface area contributed by atoms with Crippen LogP contribution in [0.3, 0.4) is 0 Å². The summed E-state index contributed by atoms with van der Waals surface area (Å²) in [6, 6.07) is 11.1. The molecule has 0 bridgehead atoms. The number of fused-ring (bicyclic) bond motifs is 1. The number of rotatable bonds is 1. The molecule has 0 aliphatic carbocycles. The second kappa shape index (κ2) is 3.77. The van der Waals surface area contributed by atoms with Crippen molar-refractivity contribution in [1.29, 1.82) is 0 Å². The molecule has 4 nitrogen and oxygen atoms in total. The van der Waals surface area contributed by atoms with E-state index in [-0.39, 0.29) is 0 Å². The zero-order valence-electron chi connectivity index (χ0n) is 9.97. The number of aryl methyl sites for hydroxylation is 1. The zero-order valence-corrected chi connectivity index (χ0v) is 9.97. The summed E-state index contributed by atoms with van der Waals surface area (Å²) in [5.74, 6) is 0.570. The predicted molar refractivity (Wildman–Crippen MR) is 73.0 cm³/mol. The van der Waals surface area contributed by atoms with Gasteiger partial charge in [-0.2, -0.15) is 0 Å². The fourth-order valence-electron chi connectivity index (χ4n) is 1.93. The Balaban J connectivity index is 2.22. The molecule has 1 aromatic heterocycles. The molecule has 4 heteroatoms. The lowest BCUT2D eigenvalue weighted by Crippen LogP contribution is -1.88. The van der Waals surface area contributed by atoms with Crippen molar-refractivity contribution in [1.82, 2.24) is 4.98 Å². The summed E-state index contributed by atoms with van der Waals surface area (Å²) in [4.78, 5) is 4.44. The van der Waals surface area contributed by atoms with E-state index in [4.69, 9.17) is 15.9 Å². The lowest BCUT2D eigenvalue weighted by atomic mass is 10.1. The molecule has 3 aromatic rings. The van der Waals surface area contributed by atoms with E-state index >= 15 is 0 Å². The first-order valence-corrected chi connectivity index (χ1v) is 5.66. The molecule has 0 amide bonds. The van der Waals surface area contributed by atoms with Crippen molar-refractivity contribution in [2.24, 2.45) is 0 Å². The number of nitrogen functional groups attached to an aromatic ring is 2. The standard InChI is InChI=1S/C14H13N3O/c1-8-2-3-9(15)6-11(8)14-17-12-7-10(16)4-5-13(12)18-14/h2-7H,15-16H2,1H3. The predicted octanol–water partition coefficient (Wildman–Crippen LogP) is 2.97. The summed E-state index contributed by atoms with van der Waals surface area (Å²) in [5, 5.41) is 0. The fourth-order valence-corrected chi connectivity index (χ4v) is 1.93. The minimum absolute atomic E-state index is 0.570. The van der Waals surface area contributed by atoms with Gasteiger partial charge in [0.15, 0.2) is 5.58 Å². The first kappa shape index (κ1) is 10.7. The van der Waals surface area contributed by atoms with Gasteiger partial charge in [0.1, 0.15) is 5.52 Å². The number of nitrogens with two attached hydrogens (primary N) is 2. The van der Waals surface area contributed by atoms with Gasteiger partial charge < -0.3 is 15.9 Å². The van der Waals surface area contributed by atoms with Crippen LogP contribution in [0.5, 0.6) is 0 Å². The largest absolute Gasteiger partial charge is 0.436 e. The van der Waals surface area contributed by atoms with E-state index in [1.807, 2.05) is 31.2 Å². The first-order chi connectivity index (χ1) is 8.63. The molecule has 0 atom stereocenters. The summed E-state index contributed by atoms with van der Waals surface area (Å²) in [6.07, 6.45) is 0. The van der Waals surface area contributed by atoms with Crippen LogP contribution in [-0.4, -0.2) is 4.98 Å². The van der Waals surface area contributed by atoms with Crippen molar-refractivity contribution in [2.45, 2.75) is 6.92 Å². The lowest BCUT2D eigenvalue weighted by molar-refractivity contribution is 0.619. The van der Waals surface area contributed by atoms with Gasteiger partial charge in [-0.1, -0.05) is 6.07 Å². The molecule has 4 N–H and O–H groups in total. The highest BCUT2D eigenvalue weighted by Gasteiger charge is 2.10. The van der Waals surface area contributed by atoms with Crippen LogP contribution in [0.15, 0.2) is 40.8 Å². The van der Waals surface area contributed by atoms with Crippen LogP contribution in [0.4, 0.5) is 11.4 Å². The van der Waals surface area contributed by atoms with Crippen LogP contribution in [-0.2, 0) is 0 Å². The molecule has 0 fully saturated rings. The van der Waals surface area contributed by atoms with Crippen molar-refractivity contribution in [2.75, 3.05) is 11.5 Å².